The molecule has 0 radical (unpaired) electrons. The van der Waals surface area contributed by atoms with Gasteiger partial charge in [0.25, 0.3) is 0 Å². The van der Waals surface area contributed by atoms with Gasteiger partial charge in [0, 0.05) is 44.2 Å². The second-order valence-electron chi connectivity index (χ2n) is 7.86. The molecule has 0 unspecified atom stereocenters. The predicted molar refractivity (Wildman–Crippen MR) is 112 cm³/mol. The largest absolute Gasteiger partial charge is 0.493 e. The Balaban J connectivity index is 1.47. The van der Waals surface area contributed by atoms with Gasteiger partial charge in [-0.2, -0.15) is 11.8 Å². The second kappa shape index (κ2) is 10.6. The zero-order valence-corrected chi connectivity index (χ0v) is 17.5. The number of ether oxygens (including phenoxy) is 2. The number of benzene rings is 1. The van der Waals surface area contributed by atoms with Crippen molar-refractivity contribution in [3.63, 3.8) is 0 Å². The molecule has 1 saturated heterocycles. The quantitative estimate of drug-likeness (QED) is 0.658. The number of thioether (sulfide) groups is 1. The number of aliphatic hydroxyl groups excluding tert-OH is 1. The number of rotatable bonds is 10. The van der Waals surface area contributed by atoms with Gasteiger partial charge >= 0.3 is 0 Å². The summed E-state index contributed by atoms with van der Waals surface area (Å²) in [4.78, 5) is 4.70. The molecule has 5 nitrogen and oxygen atoms in total. The van der Waals surface area contributed by atoms with Crippen LogP contribution in [0.1, 0.15) is 24.8 Å². The van der Waals surface area contributed by atoms with E-state index in [0.717, 1.165) is 42.8 Å². The Labute approximate surface area is 168 Å². The zero-order chi connectivity index (χ0) is 19.1. The highest BCUT2D eigenvalue weighted by Crippen LogP contribution is 2.30. The van der Waals surface area contributed by atoms with Gasteiger partial charge in [-0.05, 0) is 43.5 Å². The molecule has 1 aliphatic carbocycles. The Kier molecular flexibility index (Phi) is 8.12. The summed E-state index contributed by atoms with van der Waals surface area (Å²) in [6.45, 7) is 5.15. The standard InChI is InChI=1S/C21H34N2O3S/c1-22(13-17-4-3-5-17)14-18-6-7-20(21(12-18)25-2)26-16-19(24)15-23-8-10-27-11-9-23/h6-7,12,17,19,24H,3-5,8-11,13-16H2,1-2H3/t19-/m1/s1. The molecule has 6 heteroatoms. The van der Waals surface area contributed by atoms with Crippen LogP contribution in [0.15, 0.2) is 18.2 Å². The molecular weight excluding hydrogens is 360 g/mol. The third kappa shape index (κ3) is 6.56. The highest BCUT2D eigenvalue weighted by molar-refractivity contribution is 7.99. The van der Waals surface area contributed by atoms with E-state index in [-0.39, 0.29) is 0 Å². The molecule has 1 aromatic carbocycles. The molecule has 2 aliphatic rings. The number of nitrogens with zero attached hydrogens (tertiary/aromatic N) is 2. The summed E-state index contributed by atoms with van der Waals surface area (Å²) in [5.41, 5.74) is 1.23. The van der Waals surface area contributed by atoms with E-state index in [2.05, 4.69) is 29.0 Å². The van der Waals surface area contributed by atoms with Crippen molar-refractivity contribution >= 4 is 11.8 Å². The summed E-state index contributed by atoms with van der Waals surface area (Å²) in [5.74, 6) is 4.62. The van der Waals surface area contributed by atoms with Crippen molar-refractivity contribution in [2.24, 2.45) is 5.92 Å². The number of β-amino-alcohol motifs (C(OH)–C–C–N with tert-alkyl or cyclic N) is 1. The van der Waals surface area contributed by atoms with Gasteiger partial charge in [-0.1, -0.05) is 12.5 Å². The van der Waals surface area contributed by atoms with E-state index in [1.165, 1.54) is 31.4 Å². The van der Waals surface area contributed by atoms with Gasteiger partial charge in [-0.3, -0.25) is 4.90 Å². The maximum Gasteiger partial charge on any atom is 0.161 e. The molecule has 3 rings (SSSR count). The van der Waals surface area contributed by atoms with E-state index >= 15 is 0 Å². The van der Waals surface area contributed by atoms with Crippen LogP contribution in [0.2, 0.25) is 0 Å². The normalized spacial score (nSPS) is 19.7. The van der Waals surface area contributed by atoms with Crippen LogP contribution >= 0.6 is 11.8 Å². The molecule has 0 spiro atoms. The number of aliphatic hydroxyl groups is 1. The van der Waals surface area contributed by atoms with Crippen LogP contribution in [0.3, 0.4) is 0 Å². The summed E-state index contributed by atoms with van der Waals surface area (Å²) in [6.07, 6.45) is 3.66. The lowest BCUT2D eigenvalue weighted by molar-refractivity contribution is 0.0704. The summed E-state index contributed by atoms with van der Waals surface area (Å²) < 4.78 is 11.4. The van der Waals surface area contributed by atoms with Crippen LogP contribution in [0, 0.1) is 5.92 Å². The van der Waals surface area contributed by atoms with Crippen molar-refractivity contribution in [2.75, 3.05) is 58.4 Å². The van der Waals surface area contributed by atoms with Gasteiger partial charge in [0.2, 0.25) is 0 Å². The van der Waals surface area contributed by atoms with E-state index in [1.807, 2.05) is 17.8 Å². The third-order valence-electron chi connectivity index (χ3n) is 5.48. The first kappa shape index (κ1) is 20.8. The zero-order valence-electron chi connectivity index (χ0n) is 16.7. The van der Waals surface area contributed by atoms with E-state index in [9.17, 15) is 5.11 Å². The monoisotopic (exact) mass is 394 g/mol. The summed E-state index contributed by atoms with van der Waals surface area (Å²) in [5, 5.41) is 10.3. The minimum atomic E-state index is -0.480. The molecule has 1 atom stereocenters. The molecule has 1 N–H and O–H groups in total. The highest BCUT2D eigenvalue weighted by atomic mass is 32.2. The fourth-order valence-corrected chi connectivity index (χ4v) is 4.72. The van der Waals surface area contributed by atoms with Crippen LogP contribution in [0.5, 0.6) is 11.5 Å². The average molecular weight is 395 g/mol. The fraction of sp³-hybridized carbons (Fsp3) is 0.714. The van der Waals surface area contributed by atoms with Gasteiger partial charge in [-0.25, -0.2) is 0 Å². The molecule has 1 heterocycles. The fourth-order valence-electron chi connectivity index (χ4n) is 3.74. The first-order chi connectivity index (χ1) is 13.1. The summed E-state index contributed by atoms with van der Waals surface area (Å²) in [6, 6.07) is 6.12. The van der Waals surface area contributed by atoms with Crippen molar-refractivity contribution < 1.29 is 14.6 Å². The Morgan fingerprint density at radius 2 is 2.04 bits per heavy atom. The smallest absolute Gasteiger partial charge is 0.161 e. The van der Waals surface area contributed by atoms with Gasteiger partial charge in [-0.15, -0.1) is 0 Å². The van der Waals surface area contributed by atoms with E-state index in [4.69, 9.17) is 9.47 Å². The van der Waals surface area contributed by atoms with Crippen molar-refractivity contribution in [1.29, 1.82) is 0 Å². The first-order valence-corrected chi connectivity index (χ1v) is 11.3. The Hall–Kier alpha value is -0.950. The summed E-state index contributed by atoms with van der Waals surface area (Å²) in [7, 11) is 3.86. The maximum atomic E-state index is 10.3. The molecule has 27 heavy (non-hydrogen) atoms. The lowest BCUT2D eigenvalue weighted by Gasteiger charge is -2.30. The van der Waals surface area contributed by atoms with Gasteiger partial charge in [0.15, 0.2) is 11.5 Å². The van der Waals surface area contributed by atoms with Crippen molar-refractivity contribution in [2.45, 2.75) is 31.9 Å². The minimum absolute atomic E-state index is 0.293. The molecule has 152 valence electrons. The Bertz CT molecular complexity index is 577. The van der Waals surface area contributed by atoms with Crippen molar-refractivity contribution in [3.8, 4) is 11.5 Å². The molecule has 1 aromatic rings. The van der Waals surface area contributed by atoms with Gasteiger partial charge < -0.3 is 19.5 Å². The average Bonchev–Trinajstić information content (AvgIpc) is 2.64. The van der Waals surface area contributed by atoms with E-state index < -0.39 is 6.10 Å². The molecule has 1 saturated carbocycles. The molecule has 0 aromatic heterocycles. The Morgan fingerprint density at radius 1 is 1.26 bits per heavy atom. The summed E-state index contributed by atoms with van der Waals surface area (Å²) >= 11 is 1.98. The number of methoxy groups -OCH3 is 1. The molecular formula is C21H34N2O3S. The topological polar surface area (TPSA) is 45.2 Å². The minimum Gasteiger partial charge on any atom is -0.493 e. The van der Waals surface area contributed by atoms with Crippen LogP contribution in [0.25, 0.3) is 0 Å². The first-order valence-electron chi connectivity index (χ1n) is 10.1. The van der Waals surface area contributed by atoms with E-state index in [1.54, 1.807) is 7.11 Å². The maximum absolute atomic E-state index is 10.3. The SMILES string of the molecule is COc1cc(CN(C)CC2CCC2)ccc1OC[C@H](O)CN1CCSCC1. The van der Waals surface area contributed by atoms with Crippen LogP contribution in [-0.2, 0) is 6.54 Å². The number of hydrogen-bond donors (Lipinski definition) is 1. The third-order valence-corrected chi connectivity index (χ3v) is 6.42. The second-order valence-corrected chi connectivity index (χ2v) is 9.08. The van der Waals surface area contributed by atoms with E-state index in [0.29, 0.717) is 18.9 Å². The van der Waals surface area contributed by atoms with Crippen LogP contribution < -0.4 is 9.47 Å². The Morgan fingerprint density at radius 3 is 2.70 bits per heavy atom. The van der Waals surface area contributed by atoms with Crippen molar-refractivity contribution in [3.05, 3.63) is 23.8 Å². The highest BCUT2D eigenvalue weighted by Gasteiger charge is 2.19. The number of hydrogen-bond acceptors (Lipinski definition) is 6. The van der Waals surface area contributed by atoms with Crippen LogP contribution in [0.4, 0.5) is 0 Å². The lowest BCUT2D eigenvalue weighted by atomic mass is 9.85. The molecule has 1 aliphatic heterocycles. The molecule has 0 amide bonds. The predicted octanol–water partition coefficient (Wildman–Crippen LogP) is 2.72. The molecule has 0 bridgehead atoms. The lowest BCUT2D eigenvalue weighted by Crippen LogP contribution is -2.40. The van der Waals surface area contributed by atoms with Crippen molar-refractivity contribution in [1.82, 2.24) is 9.80 Å². The van der Waals surface area contributed by atoms with Gasteiger partial charge in [0.05, 0.1) is 7.11 Å². The molecule has 2 fully saturated rings. The van der Waals surface area contributed by atoms with Gasteiger partial charge in [0.1, 0.15) is 12.7 Å². The van der Waals surface area contributed by atoms with Crippen LogP contribution in [-0.4, -0.2) is 79.5 Å².